The van der Waals surface area contributed by atoms with E-state index in [1.54, 1.807) is 0 Å². The highest BCUT2D eigenvalue weighted by atomic mass is 35.5. The lowest BCUT2D eigenvalue weighted by Crippen LogP contribution is -2.47. The van der Waals surface area contributed by atoms with Crippen molar-refractivity contribution in [2.24, 2.45) is 5.92 Å². The predicted molar refractivity (Wildman–Crippen MR) is 81.3 cm³/mol. The highest BCUT2D eigenvalue weighted by molar-refractivity contribution is 7.89. The molecule has 0 saturated heterocycles. The molecule has 1 aromatic rings. The molecule has 0 amide bonds. The molecule has 20 heavy (non-hydrogen) atoms. The van der Waals surface area contributed by atoms with Crippen molar-refractivity contribution < 1.29 is 13.5 Å². The van der Waals surface area contributed by atoms with Crippen LogP contribution in [0.4, 0.5) is 0 Å². The molecule has 0 saturated carbocycles. The second kappa shape index (κ2) is 7.41. The fourth-order valence-electron chi connectivity index (χ4n) is 1.94. The largest absolute Gasteiger partial charge is 0.391 e. The van der Waals surface area contributed by atoms with Crippen LogP contribution in [0.15, 0.2) is 29.2 Å². The SMILES string of the molecule is CCC(O)[C@@H](NS(=O)(=O)c1ccc(Cl)cc1)[C@@H](C)CC. The smallest absolute Gasteiger partial charge is 0.240 e. The second-order valence-electron chi connectivity index (χ2n) is 4.96. The summed E-state index contributed by atoms with van der Waals surface area (Å²) < 4.78 is 27.3. The van der Waals surface area contributed by atoms with E-state index in [0.717, 1.165) is 6.42 Å². The number of aliphatic hydroxyl groups excluding tert-OH is 1. The molecule has 2 N–H and O–H groups in total. The van der Waals surface area contributed by atoms with Crippen LogP contribution < -0.4 is 4.72 Å². The number of aliphatic hydroxyl groups is 1. The topological polar surface area (TPSA) is 66.4 Å². The first-order chi connectivity index (χ1) is 9.31. The molecule has 0 aliphatic heterocycles. The van der Waals surface area contributed by atoms with E-state index in [2.05, 4.69) is 4.72 Å². The van der Waals surface area contributed by atoms with Crippen LogP contribution in [0, 0.1) is 5.92 Å². The zero-order valence-electron chi connectivity index (χ0n) is 12.0. The average Bonchev–Trinajstić information content (AvgIpc) is 2.43. The summed E-state index contributed by atoms with van der Waals surface area (Å²) in [4.78, 5) is 0.151. The van der Waals surface area contributed by atoms with Gasteiger partial charge in [-0.3, -0.25) is 0 Å². The Morgan fingerprint density at radius 3 is 2.20 bits per heavy atom. The Morgan fingerprint density at radius 2 is 1.75 bits per heavy atom. The molecule has 0 bridgehead atoms. The number of sulfonamides is 1. The third kappa shape index (κ3) is 4.45. The lowest BCUT2D eigenvalue weighted by atomic mass is 9.94. The Balaban J connectivity index is 2.99. The average molecular weight is 320 g/mol. The maximum absolute atomic E-state index is 12.3. The highest BCUT2D eigenvalue weighted by Crippen LogP contribution is 2.19. The van der Waals surface area contributed by atoms with Gasteiger partial charge in [-0.1, -0.05) is 38.8 Å². The molecule has 0 aromatic heterocycles. The number of rotatable bonds is 7. The number of hydrogen-bond donors (Lipinski definition) is 2. The summed E-state index contributed by atoms with van der Waals surface area (Å²) in [6.07, 6.45) is 0.579. The van der Waals surface area contributed by atoms with Gasteiger partial charge >= 0.3 is 0 Å². The van der Waals surface area contributed by atoms with Crippen LogP contribution in [-0.4, -0.2) is 25.7 Å². The zero-order valence-corrected chi connectivity index (χ0v) is 13.6. The van der Waals surface area contributed by atoms with E-state index >= 15 is 0 Å². The molecule has 0 radical (unpaired) electrons. The van der Waals surface area contributed by atoms with Gasteiger partial charge < -0.3 is 5.11 Å². The summed E-state index contributed by atoms with van der Waals surface area (Å²) in [5.74, 6) is 0.0482. The molecule has 0 fully saturated rings. The van der Waals surface area contributed by atoms with E-state index in [9.17, 15) is 13.5 Å². The molecule has 3 atom stereocenters. The molecule has 4 nitrogen and oxygen atoms in total. The Labute approximate surface area is 126 Å². The van der Waals surface area contributed by atoms with Gasteiger partial charge in [0.15, 0.2) is 0 Å². The third-order valence-corrected chi connectivity index (χ3v) is 5.23. The summed E-state index contributed by atoms with van der Waals surface area (Å²) >= 11 is 5.76. The van der Waals surface area contributed by atoms with Crippen LogP contribution in [0.2, 0.25) is 5.02 Å². The minimum Gasteiger partial charge on any atom is -0.391 e. The van der Waals surface area contributed by atoms with Crippen LogP contribution in [0.1, 0.15) is 33.6 Å². The van der Waals surface area contributed by atoms with Gasteiger partial charge in [0.05, 0.1) is 17.0 Å². The molecule has 1 rings (SSSR count). The van der Waals surface area contributed by atoms with Crippen molar-refractivity contribution in [1.29, 1.82) is 0 Å². The lowest BCUT2D eigenvalue weighted by Gasteiger charge is -2.28. The first-order valence-electron chi connectivity index (χ1n) is 6.77. The maximum Gasteiger partial charge on any atom is 0.240 e. The summed E-state index contributed by atoms with van der Waals surface area (Å²) in [5.41, 5.74) is 0. The Morgan fingerprint density at radius 1 is 1.20 bits per heavy atom. The van der Waals surface area contributed by atoms with Gasteiger partial charge in [-0.15, -0.1) is 0 Å². The van der Waals surface area contributed by atoms with Crippen molar-refractivity contribution in [3.05, 3.63) is 29.3 Å². The highest BCUT2D eigenvalue weighted by Gasteiger charge is 2.28. The van der Waals surface area contributed by atoms with Crippen LogP contribution >= 0.6 is 11.6 Å². The van der Waals surface area contributed by atoms with Crippen LogP contribution in [0.5, 0.6) is 0 Å². The standard InChI is InChI=1S/C14H22ClNO3S/c1-4-10(3)14(13(17)5-2)16-20(18,19)12-8-6-11(15)7-9-12/h6-10,13-14,16-17H,4-5H2,1-3H3/t10-,13?,14-/m0/s1. The van der Waals surface area contributed by atoms with Gasteiger partial charge in [0.25, 0.3) is 0 Å². The number of nitrogens with one attached hydrogen (secondary N) is 1. The minimum absolute atomic E-state index is 0.0482. The summed E-state index contributed by atoms with van der Waals surface area (Å²) in [7, 11) is -3.66. The lowest BCUT2D eigenvalue weighted by molar-refractivity contribution is 0.107. The fourth-order valence-corrected chi connectivity index (χ4v) is 3.45. The van der Waals surface area contributed by atoms with Gasteiger partial charge in [-0.05, 0) is 36.6 Å². The summed E-state index contributed by atoms with van der Waals surface area (Å²) in [5, 5.41) is 10.5. The molecule has 0 heterocycles. The Bertz CT molecular complexity index is 506. The first-order valence-corrected chi connectivity index (χ1v) is 8.63. The molecular weight excluding hydrogens is 298 g/mol. The van der Waals surface area contributed by atoms with Gasteiger partial charge in [0.2, 0.25) is 10.0 Å². The molecule has 1 aromatic carbocycles. The predicted octanol–water partition coefficient (Wildman–Crippen LogP) is 2.80. The summed E-state index contributed by atoms with van der Waals surface area (Å²) in [6, 6.07) is 5.48. The van der Waals surface area contributed by atoms with E-state index in [-0.39, 0.29) is 10.8 Å². The number of benzene rings is 1. The molecular formula is C14H22ClNO3S. The maximum atomic E-state index is 12.3. The monoisotopic (exact) mass is 319 g/mol. The molecule has 6 heteroatoms. The van der Waals surface area contributed by atoms with Crippen LogP contribution in [0.3, 0.4) is 0 Å². The van der Waals surface area contributed by atoms with Gasteiger partial charge in [-0.25, -0.2) is 13.1 Å². The number of halogens is 1. The van der Waals surface area contributed by atoms with Crippen molar-refractivity contribution >= 4 is 21.6 Å². The number of hydrogen-bond acceptors (Lipinski definition) is 3. The zero-order chi connectivity index (χ0) is 15.3. The van der Waals surface area contributed by atoms with E-state index in [0.29, 0.717) is 11.4 Å². The molecule has 1 unspecified atom stereocenters. The van der Waals surface area contributed by atoms with Crippen molar-refractivity contribution in [3.63, 3.8) is 0 Å². The normalized spacial score (nSPS) is 16.6. The van der Waals surface area contributed by atoms with Gasteiger partial charge in [0.1, 0.15) is 0 Å². The van der Waals surface area contributed by atoms with Crippen LogP contribution in [-0.2, 0) is 10.0 Å². The van der Waals surface area contributed by atoms with Crippen LogP contribution in [0.25, 0.3) is 0 Å². The molecule has 114 valence electrons. The van der Waals surface area contributed by atoms with Gasteiger partial charge in [0, 0.05) is 5.02 Å². The second-order valence-corrected chi connectivity index (χ2v) is 7.11. The Kier molecular flexibility index (Phi) is 6.45. The van der Waals surface area contributed by atoms with Crippen molar-refractivity contribution in [3.8, 4) is 0 Å². The minimum atomic E-state index is -3.66. The van der Waals surface area contributed by atoms with E-state index in [1.807, 2.05) is 20.8 Å². The van der Waals surface area contributed by atoms with E-state index < -0.39 is 22.2 Å². The molecule has 0 aliphatic carbocycles. The molecule has 0 spiro atoms. The first kappa shape index (κ1) is 17.4. The van der Waals surface area contributed by atoms with E-state index in [4.69, 9.17) is 11.6 Å². The van der Waals surface area contributed by atoms with Crippen molar-refractivity contribution in [2.45, 2.75) is 50.7 Å². The van der Waals surface area contributed by atoms with Crippen molar-refractivity contribution in [2.75, 3.05) is 0 Å². The van der Waals surface area contributed by atoms with E-state index in [1.165, 1.54) is 24.3 Å². The summed E-state index contributed by atoms with van der Waals surface area (Å²) in [6.45, 7) is 5.72. The quantitative estimate of drug-likeness (QED) is 0.812. The fraction of sp³-hybridized carbons (Fsp3) is 0.571. The third-order valence-electron chi connectivity index (χ3n) is 3.50. The van der Waals surface area contributed by atoms with Gasteiger partial charge in [-0.2, -0.15) is 0 Å². The van der Waals surface area contributed by atoms with Crippen molar-refractivity contribution in [1.82, 2.24) is 4.72 Å². The molecule has 0 aliphatic rings. The Hall–Kier alpha value is -0.620.